The van der Waals surface area contributed by atoms with E-state index in [0.29, 0.717) is 16.7 Å². The van der Waals surface area contributed by atoms with Crippen molar-refractivity contribution in [2.75, 3.05) is 0 Å². The first kappa shape index (κ1) is 32.8. The molecule has 4 nitrogen and oxygen atoms in total. The maximum Gasteiger partial charge on any atom is 0.415 e. The predicted octanol–water partition coefficient (Wildman–Crippen LogP) is 13.3. The second-order valence-corrected chi connectivity index (χ2v) is 13.7. The van der Waals surface area contributed by atoms with Crippen LogP contribution in [0.15, 0.2) is 140 Å². The zero-order chi connectivity index (χ0) is 37.3. The van der Waals surface area contributed by atoms with Gasteiger partial charge in [-0.3, -0.25) is 0 Å². The van der Waals surface area contributed by atoms with Crippen LogP contribution in [-0.2, 0) is 6.18 Å². The SMILES string of the molecule is [C-]#[N+]c1cc(C(F)(F)F)ccc1-c1ccc(-n2c3ccccc3c3cc(C)ccc32)c(-c2cc(C#N)ccc2-n2c3ccccc3c3cc(C)ccc32)c1. The van der Waals surface area contributed by atoms with Gasteiger partial charge in [0, 0.05) is 38.2 Å². The molecule has 7 heteroatoms. The summed E-state index contributed by atoms with van der Waals surface area (Å²) in [6.07, 6.45) is -4.59. The van der Waals surface area contributed by atoms with Crippen LogP contribution < -0.4 is 0 Å². The lowest BCUT2D eigenvalue weighted by Gasteiger charge is -2.20. The Hall–Kier alpha value is -7.09. The van der Waals surface area contributed by atoms with Gasteiger partial charge in [-0.05, 0) is 97.8 Å². The summed E-state index contributed by atoms with van der Waals surface area (Å²) in [6.45, 7) is 12.0. The smallest absolute Gasteiger partial charge is 0.309 e. The number of hydrogen-bond donors (Lipinski definition) is 0. The van der Waals surface area contributed by atoms with Crippen molar-refractivity contribution in [1.29, 1.82) is 5.26 Å². The van der Waals surface area contributed by atoms with Crippen molar-refractivity contribution in [2.45, 2.75) is 20.0 Å². The molecule has 0 amide bonds. The Labute approximate surface area is 309 Å². The molecule has 2 aromatic heterocycles. The highest BCUT2D eigenvalue weighted by Crippen LogP contribution is 2.44. The molecule has 0 aliphatic heterocycles. The van der Waals surface area contributed by atoms with Crippen LogP contribution in [0.2, 0.25) is 0 Å². The van der Waals surface area contributed by atoms with E-state index < -0.39 is 11.7 Å². The average molecular weight is 707 g/mol. The van der Waals surface area contributed by atoms with Gasteiger partial charge in [-0.25, -0.2) is 4.85 Å². The standard InChI is InChI=1S/C47H29F3N4/c1-28-12-18-43-36(22-28)34-8-4-6-10-41(34)53(43)45-20-14-30(27-51)24-38(45)39-25-31(33-17-16-32(47(48,49)50)26-40(33)52-3)15-21-46(39)54-42-11-7-5-9-35(42)37-23-29(2)13-19-44(37)54/h4-26H,1-2H3. The van der Waals surface area contributed by atoms with Gasteiger partial charge in [0.05, 0.1) is 51.6 Å². The van der Waals surface area contributed by atoms with Crippen molar-refractivity contribution in [3.8, 4) is 39.7 Å². The van der Waals surface area contributed by atoms with Crippen LogP contribution in [0.4, 0.5) is 18.9 Å². The predicted molar refractivity (Wildman–Crippen MR) is 211 cm³/mol. The molecular weight excluding hydrogens is 678 g/mol. The normalized spacial score (nSPS) is 11.8. The lowest BCUT2D eigenvalue weighted by Crippen LogP contribution is -2.04. The Morgan fingerprint density at radius 2 is 1.09 bits per heavy atom. The van der Waals surface area contributed by atoms with Crippen LogP contribution in [0, 0.1) is 31.8 Å². The number of fused-ring (bicyclic) bond motifs is 6. The van der Waals surface area contributed by atoms with Crippen LogP contribution in [0.25, 0.3) is 82.1 Å². The number of aryl methyl sites for hydroxylation is 2. The Kier molecular flexibility index (Phi) is 7.44. The van der Waals surface area contributed by atoms with Crippen molar-refractivity contribution in [2.24, 2.45) is 0 Å². The summed E-state index contributed by atoms with van der Waals surface area (Å²) in [5.74, 6) is 0. The summed E-state index contributed by atoms with van der Waals surface area (Å²) in [7, 11) is 0. The fraction of sp³-hybridized carbons (Fsp3) is 0.0638. The summed E-state index contributed by atoms with van der Waals surface area (Å²) in [4.78, 5) is 3.54. The summed E-state index contributed by atoms with van der Waals surface area (Å²) in [5.41, 5.74) is 9.81. The highest BCUT2D eigenvalue weighted by molar-refractivity contribution is 6.12. The molecule has 0 radical (unpaired) electrons. The summed E-state index contributed by atoms with van der Waals surface area (Å²) in [5, 5.41) is 14.6. The number of rotatable bonds is 4. The molecular formula is C47H29F3N4. The minimum absolute atomic E-state index is 0.0976. The van der Waals surface area contributed by atoms with Crippen molar-refractivity contribution in [3.63, 3.8) is 0 Å². The summed E-state index contributed by atoms with van der Waals surface area (Å²) < 4.78 is 45.8. The first-order valence-corrected chi connectivity index (χ1v) is 17.4. The van der Waals surface area contributed by atoms with Gasteiger partial charge in [0.25, 0.3) is 0 Å². The molecule has 9 aromatic rings. The molecule has 0 N–H and O–H groups in total. The molecule has 0 spiro atoms. The van der Waals surface area contributed by atoms with Gasteiger partial charge >= 0.3 is 6.18 Å². The van der Waals surface area contributed by atoms with E-state index in [-0.39, 0.29) is 5.69 Å². The number of benzene rings is 7. The van der Waals surface area contributed by atoms with Crippen molar-refractivity contribution in [3.05, 3.63) is 173 Å². The highest BCUT2D eigenvalue weighted by atomic mass is 19.4. The van der Waals surface area contributed by atoms with Crippen LogP contribution in [0.3, 0.4) is 0 Å². The van der Waals surface area contributed by atoms with Gasteiger partial charge in [0.2, 0.25) is 0 Å². The van der Waals surface area contributed by atoms with Gasteiger partial charge in [-0.15, -0.1) is 0 Å². The third-order valence-corrected chi connectivity index (χ3v) is 10.3. The molecule has 0 aliphatic carbocycles. The van der Waals surface area contributed by atoms with E-state index in [9.17, 15) is 18.4 Å². The molecule has 7 aromatic carbocycles. The zero-order valence-corrected chi connectivity index (χ0v) is 29.2. The van der Waals surface area contributed by atoms with Gasteiger partial charge < -0.3 is 9.13 Å². The second-order valence-electron chi connectivity index (χ2n) is 13.7. The molecule has 9 rings (SSSR count). The lowest BCUT2D eigenvalue weighted by atomic mass is 9.93. The molecule has 0 aliphatic rings. The molecule has 0 fully saturated rings. The van der Waals surface area contributed by atoms with E-state index in [1.165, 1.54) is 6.07 Å². The maximum atomic E-state index is 13.8. The fourth-order valence-electron chi connectivity index (χ4n) is 7.87. The Morgan fingerprint density at radius 1 is 0.556 bits per heavy atom. The van der Waals surface area contributed by atoms with E-state index >= 15 is 0 Å². The number of halogens is 3. The van der Waals surface area contributed by atoms with Crippen LogP contribution in [-0.4, -0.2) is 9.13 Å². The minimum Gasteiger partial charge on any atom is -0.309 e. The number of para-hydroxylation sites is 2. The maximum absolute atomic E-state index is 13.8. The van der Waals surface area contributed by atoms with E-state index in [0.717, 1.165) is 89.4 Å². The van der Waals surface area contributed by atoms with E-state index in [1.807, 2.05) is 60.7 Å². The first-order valence-electron chi connectivity index (χ1n) is 17.4. The van der Waals surface area contributed by atoms with Crippen molar-refractivity contribution >= 4 is 49.3 Å². The molecule has 0 unspecified atom stereocenters. The third-order valence-electron chi connectivity index (χ3n) is 10.3. The average Bonchev–Trinajstić information content (AvgIpc) is 3.68. The van der Waals surface area contributed by atoms with Gasteiger partial charge in [0.15, 0.2) is 5.69 Å². The number of hydrogen-bond acceptors (Lipinski definition) is 1. The van der Waals surface area contributed by atoms with E-state index in [1.54, 1.807) is 0 Å². The molecule has 0 saturated carbocycles. The molecule has 54 heavy (non-hydrogen) atoms. The first-order chi connectivity index (χ1) is 26.1. The van der Waals surface area contributed by atoms with Gasteiger partial charge in [-0.1, -0.05) is 77.9 Å². The minimum atomic E-state index is -4.59. The Balaban J connectivity index is 1.42. The molecule has 258 valence electrons. The van der Waals surface area contributed by atoms with Crippen LogP contribution >= 0.6 is 0 Å². The van der Waals surface area contributed by atoms with Crippen LogP contribution in [0.5, 0.6) is 0 Å². The molecule has 0 saturated heterocycles. The Morgan fingerprint density at radius 3 is 1.65 bits per heavy atom. The molecule has 0 atom stereocenters. The number of nitriles is 1. The summed E-state index contributed by atoms with van der Waals surface area (Å²) >= 11 is 0. The topological polar surface area (TPSA) is 38.0 Å². The van der Waals surface area contributed by atoms with Gasteiger partial charge in [-0.2, -0.15) is 18.4 Å². The zero-order valence-electron chi connectivity index (χ0n) is 29.2. The largest absolute Gasteiger partial charge is 0.415 e. The quantitative estimate of drug-likeness (QED) is 0.168. The molecule has 0 bridgehead atoms. The third kappa shape index (κ3) is 5.13. The summed E-state index contributed by atoms with van der Waals surface area (Å²) in [6, 6.07) is 46.3. The number of nitrogens with zero attached hydrogens (tertiary/aromatic N) is 4. The van der Waals surface area contributed by atoms with Gasteiger partial charge in [0.1, 0.15) is 0 Å². The van der Waals surface area contributed by atoms with E-state index in [4.69, 9.17) is 6.57 Å². The lowest BCUT2D eigenvalue weighted by molar-refractivity contribution is -0.137. The molecule has 2 heterocycles. The number of aromatic nitrogens is 2. The second kappa shape index (κ2) is 12.3. The number of alkyl halides is 3. The highest BCUT2D eigenvalue weighted by Gasteiger charge is 2.31. The Bertz CT molecular complexity index is 3090. The van der Waals surface area contributed by atoms with Crippen LogP contribution in [0.1, 0.15) is 22.3 Å². The van der Waals surface area contributed by atoms with E-state index in [2.05, 4.69) is 94.6 Å². The van der Waals surface area contributed by atoms with Crippen molar-refractivity contribution < 1.29 is 13.2 Å². The fourth-order valence-corrected chi connectivity index (χ4v) is 7.87. The monoisotopic (exact) mass is 706 g/mol. The van der Waals surface area contributed by atoms with Crippen molar-refractivity contribution in [1.82, 2.24) is 9.13 Å².